The number of amides is 2. The van der Waals surface area contributed by atoms with Gasteiger partial charge in [-0.25, -0.2) is 4.79 Å². The highest BCUT2D eigenvalue weighted by atomic mass is 16.3. The monoisotopic (exact) mass is 298 g/mol. The lowest BCUT2D eigenvalue weighted by molar-refractivity contribution is 0.228. The Morgan fingerprint density at radius 2 is 1.82 bits per heavy atom. The van der Waals surface area contributed by atoms with E-state index in [2.05, 4.69) is 10.6 Å². The molecule has 4 heteroatoms. The Balaban J connectivity index is 1.40. The Hall–Kier alpha value is -1.97. The maximum atomic E-state index is 12.3. The molecule has 2 aliphatic rings. The smallest absolute Gasteiger partial charge is 0.315 e. The maximum Gasteiger partial charge on any atom is 0.315 e. The topological polar surface area (TPSA) is 54.3 Å². The van der Waals surface area contributed by atoms with Crippen LogP contribution in [-0.4, -0.2) is 12.1 Å². The highest BCUT2D eigenvalue weighted by Gasteiger charge is 2.42. The van der Waals surface area contributed by atoms with Crippen LogP contribution in [0.25, 0.3) is 11.0 Å². The first-order chi connectivity index (χ1) is 10.7. The minimum Gasteiger partial charge on any atom is -0.459 e. The van der Waals surface area contributed by atoms with E-state index in [1.54, 1.807) is 0 Å². The molecule has 0 bridgehead atoms. The minimum atomic E-state index is -0.133. The lowest BCUT2D eigenvalue weighted by atomic mass is 10.1. The van der Waals surface area contributed by atoms with E-state index in [1.807, 2.05) is 37.3 Å². The van der Waals surface area contributed by atoms with Crippen LogP contribution in [0, 0.1) is 11.8 Å². The summed E-state index contributed by atoms with van der Waals surface area (Å²) in [5.74, 6) is 2.21. The number of carbonyl (C=O) groups excluding carboxylic acids is 1. The highest BCUT2D eigenvalue weighted by Crippen LogP contribution is 2.44. The van der Waals surface area contributed by atoms with Gasteiger partial charge in [0.2, 0.25) is 0 Å². The molecule has 22 heavy (non-hydrogen) atoms. The third kappa shape index (κ3) is 2.82. The Labute approximate surface area is 130 Å². The van der Waals surface area contributed by atoms with Crippen LogP contribution in [-0.2, 0) is 0 Å². The molecule has 0 saturated heterocycles. The second-order valence-electron chi connectivity index (χ2n) is 6.73. The third-order valence-corrected chi connectivity index (χ3v) is 4.78. The lowest BCUT2D eigenvalue weighted by Crippen LogP contribution is -2.44. The molecule has 2 fully saturated rings. The summed E-state index contributed by atoms with van der Waals surface area (Å²) in [5, 5.41) is 7.26. The summed E-state index contributed by atoms with van der Waals surface area (Å²) in [6.45, 7) is 1.96. The molecule has 1 aromatic carbocycles. The average molecular weight is 298 g/mol. The van der Waals surface area contributed by atoms with Gasteiger partial charge >= 0.3 is 6.03 Å². The summed E-state index contributed by atoms with van der Waals surface area (Å²) >= 11 is 0. The van der Waals surface area contributed by atoms with Gasteiger partial charge in [-0.3, -0.25) is 0 Å². The lowest BCUT2D eigenvalue weighted by Gasteiger charge is -2.20. The van der Waals surface area contributed by atoms with Crippen molar-refractivity contribution in [2.45, 2.75) is 44.7 Å². The first-order valence-electron chi connectivity index (χ1n) is 8.26. The number of hydrogen-bond acceptors (Lipinski definition) is 2. The number of hydrogen-bond donors (Lipinski definition) is 2. The van der Waals surface area contributed by atoms with E-state index in [4.69, 9.17) is 4.42 Å². The zero-order valence-electron chi connectivity index (χ0n) is 12.8. The predicted octanol–water partition coefficient (Wildman–Crippen LogP) is 3.98. The molecular weight excluding hydrogens is 276 g/mol. The summed E-state index contributed by atoms with van der Waals surface area (Å²) in [6, 6.07) is 10.1. The van der Waals surface area contributed by atoms with Gasteiger partial charge in [0.25, 0.3) is 0 Å². The van der Waals surface area contributed by atoms with Crippen molar-refractivity contribution in [1.29, 1.82) is 0 Å². The first kappa shape index (κ1) is 13.7. The van der Waals surface area contributed by atoms with Crippen LogP contribution in [0.15, 0.2) is 34.7 Å². The van der Waals surface area contributed by atoms with Crippen molar-refractivity contribution < 1.29 is 9.21 Å². The molecule has 2 N–H and O–H groups in total. The normalized spacial score (nSPS) is 19.4. The van der Waals surface area contributed by atoms with Crippen molar-refractivity contribution in [2.75, 3.05) is 0 Å². The molecule has 2 aromatic rings. The van der Waals surface area contributed by atoms with Crippen molar-refractivity contribution in [1.82, 2.24) is 10.6 Å². The second-order valence-corrected chi connectivity index (χ2v) is 6.73. The molecule has 2 saturated carbocycles. The molecule has 1 atom stereocenters. The fourth-order valence-electron chi connectivity index (χ4n) is 3.21. The molecule has 0 radical (unpaired) electrons. The maximum absolute atomic E-state index is 12.3. The standard InChI is InChI=1S/C18H22N2O2/c1-11(16-10-14-4-2-3-5-15(14)22-16)19-18(21)20-17(12-6-7-12)13-8-9-13/h2-5,10-13,17H,6-9H2,1H3,(H2,19,20,21). The van der Waals surface area contributed by atoms with E-state index < -0.39 is 0 Å². The molecule has 1 aromatic heterocycles. The van der Waals surface area contributed by atoms with Crippen LogP contribution >= 0.6 is 0 Å². The Morgan fingerprint density at radius 1 is 1.14 bits per heavy atom. The number of furan rings is 1. The quantitative estimate of drug-likeness (QED) is 0.877. The molecule has 4 nitrogen and oxygen atoms in total. The Bertz CT molecular complexity index is 640. The van der Waals surface area contributed by atoms with Gasteiger partial charge in [-0.05, 0) is 56.6 Å². The number of carbonyl (C=O) groups is 1. The van der Waals surface area contributed by atoms with Crippen LogP contribution in [0.4, 0.5) is 4.79 Å². The summed E-state index contributed by atoms with van der Waals surface area (Å²) in [4.78, 5) is 12.3. The second kappa shape index (κ2) is 5.34. The van der Waals surface area contributed by atoms with Crippen molar-refractivity contribution in [3.05, 3.63) is 36.1 Å². The van der Waals surface area contributed by atoms with E-state index in [1.165, 1.54) is 25.7 Å². The van der Waals surface area contributed by atoms with E-state index in [-0.39, 0.29) is 12.1 Å². The number of fused-ring (bicyclic) bond motifs is 1. The zero-order valence-corrected chi connectivity index (χ0v) is 12.8. The average Bonchev–Trinajstić information content (AvgIpc) is 3.41. The molecule has 4 rings (SSSR count). The van der Waals surface area contributed by atoms with Crippen LogP contribution in [0.2, 0.25) is 0 Å². The number of urea groups is 1. The minimum absolute atomic E-state index is 0.0724. The van der Waals surface area contributed by atoms with Gasteiger partial charge in [0.15, 0.2) is 0 Å². The van der Waals surface area contributed by atoms with Crippen LogP contribution in [0.1, 0.15) is 44.4 Å². The molecule has 116 valence electrons. The van der Waals surface area contributed by atoms with Crippen LogP contribution in [0.5, 0.6) is 0 Å². The number of nitrogens with one attached hydrogen (secondary N) is 2. The van der Waals surface area contributed by atoms with Crippen LogP contribution in [0.3, 0.4) is 0 Å². The van der Waals surface area contributed by atoms with Gasteiger partial charge in [0.05, 0.1) is 6.04 Å². The van der Waals surface area contributed by atoms with Crippen molar-refractivity contribution in [3.63, 3.8) is 0 Å². The van der Waals surface area contributed by atoms with E-state index in [0.717, 1.165) is 16.7 Å². The number of para-hydroxylation sites is 1. The van der Waals surface area contributed by atoms with E-state index in [0.29, 0.717) is 17.9 Å². The van der Waals surface area contributed by atoms with E-state index in [9.17, 15) is 4.79 Å². The molecule has 1 heterocycles. The Morgan fingerprint density at radius 3 is 2.45 bits per heavy atom. The van der Waals surface area contributed by atoms with Crippen molar-refractivity contribution in [3.8, 4) is 0 Å². The first-order valence-corrected chi connectivity index (χ1v) is 8.26. The largest absolute Gasteiger partial charge is 0.459 e. The van der Waals surface area contributed by atoms with Gasteiger partial charge < -0.3 is 15.1 Å². The van der Waals surface area contributed by atoms with Crippen molar-refractivity contribution >= 4 is 17.0 Å². The van der Waals surface area contributed by atoms with Gasteiger partial charge in [-0.1, -0.05) is 18.2 Å². The summed E-state index contributed by atoms with van der Waals surface area (Å²) in [7, 11) is 0. The summed E-state index contributed by atoms with van der Waals surface area (Å²) < 4.78 is 5.81. The van der Waals surface area contributed by atoms with Gasteiger partial charge in [0, 0.05) is 11.4 Å². The predicted molar refractivity (Wildman–Crippen MR) is 85.5 cm³/mol. The van der Waals surface area contributed by atoms with E-state index >= 15 is 0 Å². The molecule has 0 spiro atoms. The third-order valence-electron chi connectivity index (χ3n) is 4.78. The molecule has 2 aliphatic carbocycles. The number of rotatable bonds is 5. The fraction of sp³-hybridized carbons (Fsp3) is 0.500. The molecule has 2 amide bonds. The fourth-order valence-corrected chi connectivity index (χ4v) is 3.21. The molecule has 0 aliphatic heterocycles. The summed E-state index contributed by atoms with van der Waals surface area (Å²) in [6.07, 6.45) is 5.06. The molecule has 1 unspecified atom stereocenters. The number of benzene rings is 1. The van der Waals surface area contributed by atoms with Crippen molar-refractivity contribution in [2.24, 2.45) is 11.8 Å². The zero-order chi connectivity index (χ0) is 15.1. The van der Waals surface area contributed by atoms with Gasteiger partial charge in [-0.2, -0.15) is 0 Å². The van der Waals surface area contributed by atoms with Gasteiger partial charge in [-0.15, -0.1) is 0 Å². The SMILES string of the molecule is CC(NC(=O)NC(C1CC1)C1CC1)c1cc2ccccc2o1. The Kier molecular flexibility index (Phi) is 3.32. The highest BCUT2D eigenvalue weighted by molar-refractivity contribution is 5.78. The van der Waals surface area contributed by atoms with Gasteiger partial charge in [0.1, 0.15) is 11.3 Å². The molecular formula is C18H22N2O2. The summed E-state index contributed by atoms with van der Waals surface area (Å²) in [5.41, 5.74) is 0.861. The van der Waals surface area contributed by atoms with Crippen LogP contribution < -0.4 is 10.6 Å².